The Morgan fingerprint density at radius 3 is 2.41 bits per heavy atom. The molecule has 166 valence electrons. The highest BCUT2D eigenvalue weighted by Crippen LogP contribution is 2.29. The highest BCUT2D eigenvalue weighted by Gasteiger charge is 2.15. The van der Waals surface area contributed by atoms with Gasteiger partial charge in [-0.25, -0.2) is 9.18 Å². The van der Waals surface area contributed by atoms with Crippen LogP contribution in [0.5, 0.6) is 5.75 Å². The third kappa shape index (κ3) is 5.58. The van der Waals surface area contributed by atoms with E-state index in [1.165, 1.54) is 24.3 Å². The van der Waals surface area contributed by atoms with Gasteiger partial charge in [-0.2, -0.15) is 0 Å². The Morgan fingerprint density at radius 2 is 1.72 bits per heavy atom. The normalized spacial score (nSPS) is 10.6. The van der Waals surface area contributed by atoms with Gasteiger partial charge in [0.05, 0.1) is 22.8 Å². The molecule has 0 radical (unpaired) electrons. The van der Waals surface area contributed by atoms with E-state index in [2.05, 4.69) is 5.32 Å². The van der Waals surface area contributed by atoms with Gasteiger partial charge in [-0.1, -0.05) is 42.3 Å². The molecule has 0 heterocycles. The summed E-state index contributed by atoms with van der Waals surface area (Å²) in [6.07, 6.45) is 0.799. The third-order valence-corrected chi connectivity index (χ3v) is 5.22. The average Bonchev–Trinajstić information content (AvgIpc) is 2.76. The summed E-state index contributed by atoms with van der Waals surface area (Å²) in [5.74, 6) is -1.96. The Kier molecular flexibility index (Phi) is 7.72. The van der Waals surface area contributed by atoms with Gasteiger partial charge in [0.25, 0.3) is 5.91 Å². The maximum absolute atomic E-state index is 13.8. The van der Waals surface area contributed by atoms with Crippen LogP contribution in [0.3, 0.4) is 0 Å². The lowest BCUT2D eigenvalue weighted by Gasteiger charge is -2.15. The Labute approximate surface area is 194 Å². The largest absolute Gasteiger partial charge is 0.493 e. The molecule has 0 saturated carbocycles. The highest BCUT2D eigenvalue weighted by molar-refractivity contribution is 6.36. The number of rotatable bonds is 8. The molecule has 0 bridgehead atoms. The molecule has 0 aliphatic heterocycles. The Hall–Kier alpha value is -3.09. The molecule has 2 N–H and O–H groups in total. The van der Waals surface area contributed by atoms with Crippen molar-refractivity contribution in [1.82, 2.24) is 5.32 Å². The molecule has 5 nitrogen and oxygen atoms in total. The number of hydrogen-bond acceptors (Lipinski definition) is 3. The van der Waals surface area contributed by atoms with Gasteiger partial charge >= 0.3 is 5.97 Å². The monoisotopic (exact) mass is 475 g/mol. The second kappa shape index (κ2) is 10.5. The fourth-order valence-corrected chi connectivity index (χ4v) is 3.56. The molecular formula is C24H20Cl2FNO4. The zero-order chi connectivity index (χ0) is 23.3. The van der Waals surface area contributed by atoms with Crippen molar-refractivity contribution in [3.63, 3.8) is 0 Å². The SMILES string of the molecule is CCCOc1ccc(-c2ccc(F)c(C(=O)O)c2)cc1CNC(=O)c1ccc(Cl)cc1Cl. The molecule has 0 spiro atoms. The van der Waals surface area contributed by atoms with E-state index in [0.29, 0.717) is 34.1 Å². The molecule has 32 heavy (non-hydrogen) atoms. The topological polar surface area (TPSA) is 75.6 Å². The first kappa shape index (κ1) is 23.6. The lowest BCUT2D eigenvalue weighted by Crippen LogP contribution is -2.23. The highest BCUT2D eigenvalue weighted by atomic mass is 35.5. The third-order valence-electron chi connectivity index (χ3n) is 4.67. The molecule has 0 aromatic heterocycles. The molecule has 8 heteroatoms. The Morgan fingerprint density at radius 1 is 1.00 bits per heavy atom. The average molecular weight is 476 g/mol. The summed E-state index contributed by atoms with van der Waals surface area (Å²) < 4.78 is 19.6. The molecule has 0 unspecified atom stereocenters. The molecule has 3 aromatic carbocycles. The minimum Gasteiger partial charge on any atom is -0.493 e. The number of ether oxygens (including phenoxy) is 1. The molecule has 0 fully saturated rings. The van der Waals surface area contributed by atoms with Crippen molar-refractivity contribution in [2.45, 2.75) is 19.9 Å². The van der Waals surface area contributed by atoms with Crippen molar-refractivity contribution < 1.29 is 23.8 Å². The summed E-state index contributed by atoms with van der Waals surface area (Å²) in [6.45, 7) is 2.60. The van der Waals surface area contributed by atoms with Crippen LogP contribution in [-0.2, 0) is 6.54 Å². The predicted octanol–water partition coefficient (Wildman–Crippen LogP) is 6.22. The van der Waals surface area contributed by atoms with Gasteiger partial charge in [0.15, 0.2) is 0 Å². The van der Waals surface area contributed by atoms with Crippen molar-refractivity contribution in [3.8, 4) is 16.9 Å². The number of carboxylic acid groups (broad SMARTS) is 1. The molecule has 3 rings (SSSR count). The van der Waals surface area contributed by atoms with Crippen LogP contribution in [-0.4, -0.2) is 23.6 Å². The van der Waals surface area contributed by atoms with E-state index in [1.807, 2.05) is 6.92 Å². The van der Waals surface area contributed by atoms with Gasteiger partial charge in [-0.05, 0) is 60.0 Å². The summed E-state index contributed by atoms with van der Waals surface area (Å²) in [6, 6.07) is 13.8. The van der Waals surface area contributed by atoms with Crippen molar-refractivity contribution in [1.29, 1.82) is 0 Å². The zero-order valence-electron chi connectivity index (χ0n) is 17.1. The van der Waals surface area contributed by atoms with Gasteiger partial charge in [-0.15, -0.1) is 0 Å². The van der Waals surface area contributed by atoms with E-state index >= 15 is 0 Å². The zero-order valence-corrected chi connectivity index (χ0v) is 18.6. The maximum atomic E-state index is 13.8. The number of hydrogen-bond donors (Lipinski definition) is 2. The van der Waals surface area contributed by atoms with Crippen LogP contribution in [0, 0.1) is 5.82 Å². The summed E-state index contributed by atoms with van der Waals surface area (Å²) in [7, 11) is 0. The van der Waals surface area contributed by atoms with Crippen molar-refractivity contribution in [3.05, 3.63) is 87.2 Å². The van der Waals surface area contributed by atoms with E-state index in [9.17, 15) is 19.1 Å². The minimum absolute atomic E-state index is 0.137. The van der Waals surface area contributed by atoms with E-state index in [1.54, 1.807) is 24.3 Å². The van der Waals surface area contributed by atoms with Crippen molar-refractivity contribution in [2.24, 2.45) is 0 Å². The van der Waals surface area contributed by atoms with Crippen molar-refractivity contribution in [2.75, 3.05) is 6.61 Å². The van der Waals surface area contributed by atoms with Crippen LogP contribution in [0.25, 0.3) is 11.1 Å². The molecule has 0 saturated heterocycles. The summed E-state index contributed by atoms with van der Waals surface area (Å²) in [5.41, 5.74) is 1.73. The molecule has 0 atom stereocenters. The first-order valence-electron chi connectivity index (χ1n) is 9.82. The van der Waals surface area contributed by atoms with E-state index in [-0.39, 0.29) is 23.0 Å². The Balaban J connectivity index is 1.90. The number of amides is 1. The van der Waals surface area contributed by atoms with E-state index in [4.69, 9.17) is 27.9 Å². The molecular weight excluding hydrogens is 456 g/mol. The fourth-order valence-electron chi connectivity index (χ4n) is 3.06. The number of aromatic carboxylic acids is 1. The van der Waals surface area contributed by atoms with Gasteiger partial charge in [-0.3, -0.25) is 4.79 Å². The maximum Gasteiger partial charge on any atom is 0.338 e. The summed E-state index contributed by atoms with van der Waals surface area (Å²) in [4.78, 5) is 23.9. The van der Waals surface area contributed by atoms with Gasteiger partial charge < -0.3 is 15.2 Å². The first-order chi connectivity index (χ1) is 15.3. The van der Waals surface area contributed by atoms with E-state index in [0.717, 1.165) is 12.5 Å². The van der Waals surface area contributed by atoms with Crippen LogP contribution >= 0.6 is 23.2 Å². The minimum atomic E-state index is -1.35. The molecule has 0 aliphatic carbocycles. The quantitative estimate of drug-likeness (QED) is 0.405. The van der Waals surface area contributed by atoms with Crippen LogP contribution in [0.15, 0.2) is 54.6 Å². The van der Waals surface area contributed by atoms with Gasteiger partial charge in [0.2, 0.25) is 0 Å². The van der Waals surface area contributed by atoms with Gasteiger partial charge in [0.1, 0.15) is 11.6 Å². The van der Waals surface area contributed by atoms with Gasteiger partial charge in [0, 0.05) is 17.1 Å². The first-order valence-corrected chi connectivity index (χ1v) is 10.6. The predicted molar refractivity (Wildman–Crippen MR) is 122 cm³/mol. The standard InChI is InChI=1S/C24H20Cl2FNO4/c1-2-9-32-22-8-4-14(15-3-7-21(27)19(11-15)24(30)31)10-16(22)13-28-23(29)18-6-5-17(25)12-20(18)26/h3-8,10-12H,2,9,13H2,1H3,(H,28,29)(H,30,31). The number of nitrogens with one attached hydrogen (secondary N) is 1. The number of carbonyl (C=O) groups excluding carboxylic acids is 1. The van der Waals surface area contributed by atoms with E-state index < -0.39 is 17.3 Å². The molecule has 0 aliphatic rings. The number of carbonyl (C=O) groups is 2. The molecule has 1 amide bonds. The van der Waals surface area contributed by atoms with Crippen molar-refractivity contribution >= 4 is 35.1 Å². The van der Waals surface area contributed by atoms with Crippen LogP contribution in [0.1, 0.15) is 39.6 Å². The summed E-state index contributed by atoms with van der Waals surface area (Å²) in [5, 5.41) is 12.7. The molecule has 3 aromatic rings. The fraction of sp³-hybridized carbons (Fsp3) is 0.167. The Bertz CT molecular complexity index is 1170. The number of benzene rings is 3. The second-order valence-electron chi connectivity index (χ2n) is 6.98. The van der Waals surface area contributed by atoms with Crippen LogP contribution in [0.4, 0.5) is 4.39 Å². The number of halogens is 3. The lowest BCUT2D eigenvalue weighted by molar-refractivity contribution is 0.0691. The van der Waals surface area contributed by atoms with Crippen LogP contribution in [0.2, 0.25) is 10.0 Å². The number of carboxylic acids is 1. The lowest BCUT2D eigenvalue weighted by atomic mass is 10.00. The van der Waals surface area contributed by atoms with Crippen LogP contribution < -0.4 is 10.1 Å². The summed E-state index contributed by atoms with van der Waals surface area (Å²) >= 11 is 12.0. The smallest absolute Gasteiger partial charge is 0.338 e. The second-order valence-corrected chi connectivity index (χ2v) is 7.82.